The number of nitrogens with zero attached hydrogens (tertiary/aromatic N) is 2. The van der Waals surface area contributed by atoms with Crippen LogP contribution in [0.5, 0.6) is 5.75 Å². The summed E-state index contributed by atoms with van der Waals surface area (Å²) < 4.78 is 37.6. The number of esters is 1. The first-order chi connectivity index (χ1) is 15.2. The van der Waals surface area contributed by atoms with Crippen LogP contribution in [0.1, 0.15) is 5.56 Å². The third-order valence-corrected chi connectivity index (χ3v) is 7.38. The number of halogens is 1. The molecule has 1 N–H and O–H groups in total. The maximum absolute atomic E-state index is 12.9. The van der Waals surface area contributed by atoms with Crippen molar-refractivity contribution < 1.29 is 27.5 Å². The van der Waals surface area contributed by atoms with Gasteiger partial charge in [0.15, 0.2) is 5.75 Å². The average Bonchev–Trinajstić information content (AvgIpc) is 2.76. The largest absolute Gasteiger partial charge is 0.423 e. The minimum absolute atomic E-state index is 0.0293. The molecule has 11 heteroatoms. The number of nitrogens with one attached hydrogen (secondary N) is 1. The van der Waals surface area contributed by atoms with Crippen LogP contribution in [0.4, 0.5) is 11.4 Å². The Morgan fingerprint density at radius 2 is 1.91 bits per heavy atom. The number of anilines is 2. The van der Waals surface area contributed by atoms with Gasteiger partial charge in [-0.15, -0.1) is 0 Å². The van der Waals surface area contributed by atoms with Gasteiger partial charge < -0.3 is 19.7 Å². The van der Waals surface area contributed by atoms with Gasteiger partial charge in [0.2, 0.25) is 15.9 Å². The topological polar surface area (TPSA) is 105 Å². The Hall–Kier alpha value is -2.66. The van der Waals surface area contributed by atoms with E-state index < -0.39 is 21.9 Å². The lowest BCUT2D eigenvalue weighted by atomic mass is 10.1. The highest BCUT2D eigenvalue weighted by Gasteiger charge is 2.28. The minimum atomic E-state index is -3.74. The van der Waals surface area contributed by atoms with Gasteiger partial charge in [0, 0.05) is 13.1 Å². The number of carbonyl (C=O) groups excluding carboxylic acids is 2. The number of hydrogen-bond donors (Lipinski definition) is 1. The van der Waals surface area contributed by atoms with Crippen molar-refractivity contribution in [2.24, 2.45) is 0 Å². The zero-order valence-electron chi connectivity index (χ0n) is 17.3. The van der Waals surface area contributed by atoms with E-state index in [0.29, 0.717) is 24.7 Å². The summed E-state index contributed by atoms with van der Waals surface area (Å²) in [6.45, 7) is 2.86. The summed E-state index contributed by atoms with van der Waals surface area (Å²) in [5.74, 6) is -0.531. The normalized spacial score (nSPS) is 16.9. The van der Waals surface area contributed by atoms with E-state index in [2.05, 4.69) is 5.32 Å². The van der Waals surface area contributed by atoms with Crippen LogP contribution in [0.25, 0.3) is 0 Å². The number of rotatable bonds is 5. The third kappa shape index (κ3) is 4.73. The molecule has 2 heterocycles. The van der Waals surface area contributed by atoms with E-state index in [1.807, 2.05) is 19.1 Å². The molecule has 0 unspecified atom stereocenters. The van der Waals surface area contributed by atoms with E-state index in [4.69, 9.17) is 21.1 Å². The number of hydrogen-bond acceptors (Lipinski definition) is 7. The summed E-state index contributed by atoms with van der Waals surface area (Å²) in [6.07, 6.45) is 0. The molecule has 2 aromatic carbocycles. The van der Waals surface area contributed by atoms with Gasteiger partial charge in [0.25, 0.3) is 0 Å². The molecular formula is C21H22ClN3O6S. The molecule has 170 valence electrons. The van der Waals surface area contributed by atoms with Crippen LogP contribution in [0, 0.1) is 6.92 Å². The summed E-state index contributed by atoms with van der Waals surface area (Å²) >= 11 is 6.21. The molecule has 2 aliphatic rings. The highest BCUT2D eigenvalue weighted by atomic mass is 35.5. The zero-order valence-corrected chi connectivity index (χ0v) is 18.9. The Bertz CT molecular complexity index is 1160. The van der Waals surface area contributed by atoms with Crippen molar-refractivity contribution in [2.75, 3.05) is 49.6 Å². The monoisotopic (exact) mass is 479 g/mol. The molecule has 0 aliphatic carbocycles. The fraction of sp³-hybridized carbons (Fsp3) is 0.333. The molecule has 0 radical (unpaired) electrons. The van der Waals surface area contributed by atoms with Crippen molar-refractivity contribution in [3.63, 3.8) is 0 Å². The van der Waals surface area contributed by atoms with Gasteiger partial charge >= 0.3 is 5.97 Å². The van der Waals surface area contributed by atoms with Crippen LogP contribution < -0.4 is 15.0 Å². The molecular weight excluding hydrogens is 458 g/mol. The summed E-state index contributed by atoms with van der Waals surface area (Å²) in [6, 6.07) is 9.51. The van der Waals surface area contributed by atoms with E-state index in [1.165, 1.54) is 22.5 Å². The summed E-state index contributed by atoms with van der Waals surface area (Å²) in [5, 5.41) is 2.86. The number of morpholine rings is 1. The summed E-state index contributed by atoms with van der Waals surface area (Å²) in [4.78, 5) is 26.3. The van der Waals surface area contributed by atoms with Crippen LogP contribution in [0.2, 0.25) is 5.02 Å². The number of sulfonamides is 1. The second kappa shape index (κ2) is 9.07. The lowest BCUT2D eigenvalue weighted by Crippen LogP contribution is -2.41. The van der Waals surface area contributed by atoms with Crippen molar-refractivity contribution in [3.8, 4) is 5.75 Å². The Labute approximate surface area is 190 Å². The first-order valence-electron chi connectivity index (χ1n) is 9.97. The quantitative estimate of drug-likeness (QED) is 0.516. The second-order valence-corrected chi connectivity index (χ2v) is 9.85. The number of fused-ring (bicyclic) bond motifs is 1. The molecule has 9 nitrogen and oxygen atoms in total. The van der Waals surface area contributed by atoms with Crippen molar-refractivity contribution in [2.45, 2.75) is 11.8 Å². The first-order valence-corrected chi connectivity index (χ1v) is 11.8. The fourth-order valence-electron chi connectivity index (χ4n) is 3.56. The molecule has 2 aliphatic heterocycles. The molecule has 0 bridgehead atoms. The molecule has 1 fully saturated rings. The lowest BCUT2D eigenvalue weighted by Gasteiger charge is -2.29. The predicted molar refractivity (Wildman–Crippen MR) is 119 cm³/mol. The van der Waals surface area contributed by atoms with Gasteiger partial charge in [-0.25, -0.2) is 13.2 Å². The van der Waals surface area contributed by atoms with Gasteiger partial charge in [-0.05, 0) is 42.8 Å². The van der Waals surface area contributed by atoms with E-state index in [0.717, 1.165) is 5.56 Å². The predicted octanol–water partition coefficient (Wildman–Crippen LogP) is 2.03. The molecule has 1 amide bonds. The van der Waals surface area contributed by atoms with Crippen LogP contribution in [0.15, 0.2) is 41.3 Å². The minimum Gasteiger partial charge on any atom is -0.423 e. The highest BCUT2D eigenvalue weighted by Crippen LogP contribution is 2.33. The maximum Gasteiger partial charge on any atom is 0.331 e. The Balaban J connectivity index is 1.52. The SMILES string of the molecule is Cc1ccc2c(c1)N(CC(=O)Nc1cc(S(=O)(=O)N3CCOCC3)ccc1Cl)CC(=O)O2. The molecule has 0 spiro atoms. The Morgan fingerprint density at radius 3 is 2.66 bits per heavy atom. The molecule has 1 saturated heterocycles. The van der Waals surface area contributed by atoms with Crippen molar-refractivity contribution >= 4 is 44.9 Å². The van der Waals surface area contributed by atoms with Gasteiger partial charge in [0.05, 0.1) is 41.1 Å². The lowest BCUT2D eigenvalue weighted by molar-refractivity contribution is -0.133. The van der Waals surface area contributed by atoms with Crippen molar-refractivity contribution in [1.29, 1.82) is 0 Å². The average molecular weight is 480 g/mol. The van der Waals surface area contributed by atoms with E-state index >= 15 is 0 Å². The first kappa shape index (κ1) is 22.5. The molecule has 32 heavy (non-hydrogen) atoms. The highest BCUT2D eigenvalue weighted by molar-refractivity contribution is 7.89. The summed E-state index contributed by atoms with van der Waals surface area (Å²) in [5.41, 5.74) is 1.76. The van der Waals surface area contributed by atoms with Crippen LogP contribution >= 0.6 is 11.6 Å². The maximum atomic E-state index is 12.9. The van der Waals surface area contributed by atoms with Gasteiger partial charge in [0.1, 0.15) is 6.54 Å². The number of amides is 1. The standard InChI is InChI=1S/C21H22ClN3O6S/c1-14-2-5-19-18(10-14)24(13-21(27)31-19)12-20(26)23-17-11-15(3-4-16(17)22)32(28,29)25-6-8-30-9-7-25/h2-5,10-11H,6-9,12-13H2,1H3,(H,23,26). The molecule has 0 aromatic heterocycles. The molecule has 4 rings (SSSR count). The van der Waals surface area contributed by atoms with Gasteiger partial charge in [-0.2, -0.15) is 4.31 Å². The van der Waals surface area contributed by atoms with Gasteiger partial charge in [-0.3, -0.25) is 4.79 Å². The van der Waals surface area contributed by atoms with Crippen molar-refractivity contribution in [1.82, 2.24) is 4.31 Å². The fourth-order valence-corrected chi connectivity index (χ4v) is 5.16. The number of carbonyl (C=O) groups is 2. The molecule has 2 aromatic rings. The van der Waals surface area contributed by atoms with E-state index in [-0.39, 0.29) is 41.8 Å². The molecule has 0 saturated carbocycles. The summed E-state index contributed by atoms with van der Waals surface area (Å²) in [7, 11) is -3.74. The number of aryl methyl sites for hydroxylation is 1. The Morgan fingerprint density at radius 1 is 1.16 bits per heavy atom. The number of benzene rings is 2. The Kier molecular flexibility index (Phi) is 6.38. The third-order valence-electron chi connectivity index (χ3n) is 5.15. The van der Waals surface area contributed by atoms with Crippen LogP contribution in [0.3, 0.4) is 0 Å². The molecule has 0 atom stereocenters. The van der Waals surface area contributed by atoms with E-state index in [9.17, 15) is 18.0 Å². The smallest absolute Gasteiger partial charge is 0.331 e. The van der Waals surface area contributed by atoms with Crippen LogP contribution in [-0.4, -0.2) is 64.0 Å². The van der Waals surface area contributed by atoms with Crippen LogP contribution in [-0.2, 0) is 24.3 Å². The van der Waals surface area contributed by atoms with E-state index in [1.54, 1.807) is 11.0 Å². The van der Waals surface area contributed by atoms with Crippen molar-refractivity contribution in [3.05, 3.63) is 47.0 Å². The van der Waals surface area contributed by atoms with Gasteiger partial charge in [-0.1, -0.05) is 17.7 Å². The zero-order chi connectivity index (χ0) is 22.9. The second-order valence-electron chi connectivity index (χ2n) is 7.51. The number of ether oxygens (including phenoxy) is 2.